The Morgan fingerprint density at radius 3 is 1.64 bits per heavy atom. The minimum absolute atomic E-state index is 0.291. The molecule has 0 N–H and O–H groups in total. The Hall–Kier alpha value is -1.78. The third-order valence-electron chi connectivity index (χ3n) is 5.37. The van der Waals surface area contributed by atoms with Gasteiger partial charge < -0.3 is 14.0 Å². The average molecular weight is 338 g/mol. The predicted octanol–water partition coefficient (Wildman–Crippen LogP) is 3.78. The monoisotopic (exact) mass is 338 g/mol. The fraction of sp³-hybridized carbons (Fsp3) is 0.429. The third kappa shape index (κ3) is 3.91. The Morgan fingerprint density at radius 2 is 1.20 bits per heavy atom. The minimum atomic E-state index is -0.301. The molecule has 1 fully saturated rings. The summed E-state index contributed by atoms with van der Waals surface area (Å²) in [4.78, 5) is 0. The van der Waals surface area contributed by atoms with Crippen molar-refractivity contribution in [3.05, 3.63) is 59.7 Å². The van der Waals surface area contributed by atoms with Gasteiger partial charge in [-0.1, -0.05) is 36.4 Å². The summed E-state index contributed by atoms with van der Waals surface area (Å²) in [7, 11) is 1.40. The molecule has 0 unspecified atom stereocenters. The molecule has 1 saturated heterocycles. The second kappa shape index (κ2) is 6.85. The van der Waals surface area contributed by atoms with Crippen LogP contribution in [0.3, 0.4) is 0 Å². The van der Waals surface area contributed by atoms with Gasteiger partial charge in [0, 0.05) is 0 Å². The Labute approximate surface area is 151 Å². The van der Waals surface area contributed by atoms with E-state index < -0.39 is 0 Å². The van der Waals surface area contributed by atoms with Gasteiger partial charge in [0.2, 0.25) is 0 Å². The molecular formula is C21H27BO3. The second-order valence-corrected chi connectivity index (χ2v) is 7.68. The van der Waals surface area contributed by atoms with Crippen molar-refractivity contribution in [3.63, 3.8) is 0 Å². The lowest BCUT2D eigenvalue weighted by Crippen LogP contribution is -2.41. The molecule has 0 atom stereocenters. The molecule has 2 aromatic rings. The summed E-state index contributed by atoms with van der Waals surface area (Å²) in [5.41, 5.74) is 3.11. The summed E-state index contributed by atoms with van der Waals surface area (Å²) in [5.74, 6) is 0.899. The van der Waals surface area contributed by atoms with Crippen LogP contribution >= 0.6 is 0 Å². The normalized spacial score (nSPS) is 18.4. The van der Waals surface area contributed by atoms with Crippen molar-refractivity contribution in [2.24, 2.45) is 0 Å². The van der Waals surface area contributed by atoms with E-state index in [2.05, 4.69) is 64.1 Å². The highest BCUT2D eigenvalue weighted by Crippen LogP contribution is 2.36. The van der Waals surface area contributed by atoms with Gasteiger partial charge in [-0.05, 0) is 69.3 Å². The van der Waals surface area contributed by atoms with E-state index in [0.29, 0.717) is 0 Å². The van der Waals surface area contributed by atoms with Crippen molar-refractivity contribution in [1.29, 1.82) is 0 Å². The molecule has 4 heteroatoms. The van der Waals surface area contributed by atoms with Crippen molar-refractivity contribution in [2.45, 2.75) is 51.7 Å². The zero-order valence-electron chi connectivity index (χ0n) is 15.8. The van der Waals surface area contributed by atoms with Crippen LogP contribution in [0.1, 0.15) is 38.8 Å². The Morgan fingerprint density at radius 1 is 0.760 bits per heavy atom. The van der Waals surface area contributed by atoms with Crippen LogP contribution in [0.2, 0.25) is 0 Å². The van der Waals surface area contributed by atoms with E-state index in [1.807, 2.05) is 12.1 Å². The number of ether oxygens (including phenoxy) is 1. The SMILES string of the molecule is COc1ccc(CCc2ccc(B3OC(C)(C)C(C)(C)O3)cc2)cc1. The smallest absolute Gasteiger partial charge is 0.494 e. The zero-order chi connectivity index (χ0) is 18.1. The number of rotatable bonds is 5. The van der Waals surface area contributed by atoms with Crippen molar-refractivity contribution in [3.8, 4) is 5.75 Å². The van der Waals surface area contributed by atoms with Crippen molar-refractivity contribution in [1.82, 2.24) is 0 Å². The Balaban J connectivity index is 1.61. The molecular weight excluding hydrogens is 311 g/mol. The van der Waals surface area contributed by atoms with Crippen LogP contribution in [0.15, 0.2) is 48.5 Å². The third-order valence-corrected chi connectivity index (χ3v) is 5.37. The summed E-state index contributed by atoms with van der Waals surface area (Å²) in [6.45, 7) is 8.32. The fourth-order valence-electron chi connectivity index (χ4n) is 2.90. The Kier molecular flexibility index (Phi) is 4.94. The summed E-state index contributed by atoms with van der Waals surface area (Å²) in [6, 6.07) is 16.8. The van der Waals surface area contributed by atoms with Gasteiger partial charge in [0.05, 0.1) is 18.3 Å². The number of aryl methyl sites for hydroxylation is 2. The van der Waals surface area contributed by atoms with E-state index in [0.717, 1.165) is 24.1 Å². The summed E-state index contributed by atoms with van der Waals surface area (Å²) >= 11 is 0. The van der Waals surface area contributed by atoms with E-state index in [9.17, 15) is 0 Å². The zero-order valence-corrected chi connectivity index (χ0v) is 15.8. The molecule has 0 aliphatic carbocycles. The van der Waals surface area contributed by atoms with E-state index in [-0.39, 0.29) is 18.3 Å². The molecule has 25 heavy (non-hydrogen) atoms. The van der Waals surface area contributed by atoms with E-state index >= 15 is 0 Å². The highest BCUT2D eigenvalue weighted by atomic mass is 16.7. The molecule has 0 spiro atoms. The van der Waals surface area contributed by atoms with Crippen molar-refractivity contribution >= 4 is 12.6 Å². The molecule has 0 radical (unpaired) electrons. The van der Waals surface area contributed by atoms with Crippen LogP contribution in [-0.2, 0) is 22.2 Å². The van der Waals surface area contributed by atoms with Crippen molar-refractivity contribution < 1.29 is 14.0 Å². The first kappa shape index (κ1) is 18.0. The van der Waals surface area contributed by atoms with Crippen molar-refractivity contribution in [2.75, 3.05) is 7.11 Å². The Bertz CT molecular complexity index is 689. The molecule has 0 aromatic heterocycles. The van der Waals surface area contributed by atoms with E-state index in [1.54, 1.807) is 7.11 Å². The van der Waals surface area contributed by atoms with Gasteiger partial charge in [-0.25, -0.2) is 0 Å². The van der Waals surface area contributed by atoms with Gasteiger partial charge in [-0.3, -0.25) is 0 Å². The lowest BCUT2D eigenvalue weighted by atomic mass is 9.78. The van der Waals surface area contributed by atoms with Crippen LogP contribution in [0.4, 0.5) is 0 Å². The first-order valence-electron chi connectivity index (χ1n) is 8.88. The maximum atomic E-state index is 6.11. The van der Waals surface area contributed by atoms with Gasteiger partial charge >= 0.3 is 7.12 Å². The molecule has 1 heterocycles. The maximum absolute atomic E-state index is 6.11. The lowest BCUT2D eigenvalue weighted by Gasteiger charge is -2.32. The fourth-order valence-corrected chi connectivity index (χ4v) is 2.90. The summed E-state index contributed by atoms with van der Waals surface area (Å²) < 4.78 is 17.4. The van der Waals surface area contributed by atoms with Gasteiger partial charge in [-0.15, -0.1) is 0 Å². The average Bonchev–Trinajstić information content (AvgIpc) is 2.82. The molecule has 0 saturated carbocycles. The molecule has 1 aliphatic rings. The van der Waals surface area contributed by atoms with Gasteiger partial charge in [-0.2, -0.15) is 0 Å². The topological polar surface area (TPSA) is 27.7 Å². The summed E-state index contributed by atoms with van der Waals surface area (Å²) in [6.07, 6.45) is 2.02. The van der Waals surface area contributed by atoms with Crippen LogP contribution < -0.4 is 10.2 Å². The van der Waals surface area contributed by atoms with E-state index in [1.165, 1.54) is 11.1 Å². The predicted molar refractivity (Wildman–Crippen MR) is 103 cm³/mol. The van der Waals surface area contributed by atoms with Crippen LogP contribution in [-0.4, -0.2) is 25.4 Å². The lowest BCUT2D eigenvalue weighted by molar-refractivity contribution is 0.00578. The summed E-state index contributed by atoms with van der Waals surface area (Å²) in [5, 5.41) is 0. The largest absolute Gasteiger partial charge is 0.497 e. The van der Waals surface area contributed by atoms with Crippen LogP contribution in [0.25, 0.3) is 0 Å². The standard InChI is InChI=1S/C21H27BO3/c1-20(2)21(3,4)25-22(24-20)18-12-8-16(9-13-18)6-7-17-10-14-19(23-5)15-11-17/h8-15H,6-7H2,1-5H3. The molecule has 2 aromatic carbocycles. The highest BCUT2D eigenvalue weighted by molar-refractivity contribution is 6.62. The van der Waals surface area contributed by atoms with E-state index in [4.69, 9.17) is 14.0 Å². The number of benzene rings is 2. The minimum Gasteiger partial charge on any atom is -0.497 e. The quantitative estimate of drug-likeness (QED) is 0.777. The molecule has 132 valence electrons. The number of hydrogen-bond donors (Lipinski definition) is 0. The number of hydrogen-bond acceptors (Lipinski definition) is 3. The molecule has 3 nitrogen and oxygen atoms in total. The first-order valence-corrected chi connectivity index (χ1v) is 8.88. The van der Waals surface area contributed by atoms with Gasteiger partial charge in [0.15, 0.2) is 0 Å². The van der Waals surface area contributed by atoms with Gasteiger partial charge in [0.25, 0.3) is 0 Å². The maximum Gasteiger partial charge on any atom is 0.494 e. The molecule has 1 aliphatic heterocycles. The first-order chi connectivity index (χ1) is 11.8. The molecule has 0 bridgehead atoms. The molecule has 0 amide bonds. The highest BCUT2D eigenvalue weighted by Gasteiger charge is 2.51. The van der Waals surface area contributed by atoms with Crippen LogP contribution in [0.5, 0.6) is 5.75 Å². The second-order valence-electron chi connectivity index (χ2n) is 7.68. The number of methoxy groups -OCH3 is 1. The molecule has 3 rings (SSSR count). The van der Waals surface area contributed by atoms with Crippen LogP contribution in [0, 0.1) is 0 Å². The van der Waals surface area contributed by atoms with Gasteiger partial charge in [0.1, 0.15) is 5.75 Å².